The van der Waals surface area contributed by atoms with Gasteiger partial charge in [-0.3, -0.25) is 4.79 Å². The van der Waals surface area contributed by atoms with E-state index in [1.807, 2.05) is 44.2 Å². The average molecular weight is 475 g/mol. The van der Waals surface area contributed by atoms with Crippen LogP contribution in [-0.4, -0.2) is 16.7 Å². The second-order valence-electron chi connectivity index (χ2n) is 5.84. The van der Waals surface area contributed by atoms with Crippen molar-refractivity contribution in [3.05, 3.63) is 86.1 Å². The average Bonchev–Trinajstić information content (AvgIpc) is 2.90. The summed E-state index contributed by atoms with van der Waals surface area (Å²) in [6.45, 7) is 4.08. The van der Waals surface area contributed by atoms with Crippen LogP contribution in [0.3, 0.4) is 0 Å². The van der Waals surface area contributed by atoms with Crippen LogP contribution in [-0.2, 0) is 0 Å². The van der Waals surface area contributed by atoms with Gasteiger partial charge in [-0.25, -0.2) is 5.43 Å². The Balaban J connectivity index is 1.77. The van der Waals surface area contributed by atoms with Crippen molar-refractivity contribution in [2.24, 2.45) is 5.10 Å². The first-order chi connectivity index (χ1) is 12.5. The lowest BCUT2D eigenvalue weighted by molar-refractivity contribution is 0.0955. The smallest absolute Gasteiger partial charge is 0.271 e. The van der Waals surface area contributed by atoms with Gasteiger partial charge in [0.1, 0.15) is 0 Å². The maximum atomic E-state index is 12.1. The molecule has 3 aromatic rings. The van der Waals surface area contributed by atoms with Crippen molar-refractivity contribution in [3.8, 4) is 5.69 Å². The molecule has 1 aromatic heterocycles. The van der Waals surface area contributed by atoms with Crippen LogP contribution in [0.25, 0.3) is 5.69 Å². The first kappa shape index (κ1) is 18.6. The van der Waals surface area contributed by atoms with Crippen molar-refractivity contribution in [3.63, 3.8) is 0 Å². The summed E-state index contributed by atoms with van der Waals surface area (Å²) >= 11 is 6.81. The third kappa shape index (κ3) is 4.14. The van der Waals surface area contributed by atoms with Gasteiger partial charge in [-0.15, -0.1) is 0 Å². The molecule has 26 heavy (non-hydrogen) atoms. The second kappa shape index (κ2) is 8.01. The molecule has 1 amide bonds. The zero-order valence-electron chi connectivity index (χ0n) is 14.3. The van der Waals surface area contributed by atoms with E-state index in [4.69, 9.17) is 0 Å². The Morgan fingerprint density at radius 3 is 2.19 bits per heavy atom. The number of carbonyl (C=O) groups is 1. The van der Waals surface area contributed by atoms with Crippen molar-refractivity contribution >= 4 is 44.0 Å². The molecule has 0 aliphatic rings. The highest BCUT2D eigenvalue weighted by atomic mass is 79.9. The van der Waals surface area contributed by atoms with Gasteiger partial charge in [0.05, 0.1) is 6.21 Å². The number of nitrogens with one attached hydrogen (secondary N) is 1. The summed E-state index contributed by atoms with van der Waals surface area (Å²) in [5.74, 6) is -0.240. The second-order valence-corrected chi connectivity index (χ2v) is 7.68. The van der Waals surface area contributed by atoms with Crippen molar-refractivity contribution in [1.82, 2.24) is 9.99 Å². The predicted octanol–water partition coefficient (Wildman–Crippen LogP) is 5.38. The summed E-state index contributed by atoms with van der Waals surface area (Å²) in [4.78, 5) is 12.1. The van der Waals surface area contributed by atoms with Gasteiger partial charge in [0.2, 0.25) is 0 Å². The zero-order valence-corrected chi connectivity index (χ0v) is 17.5. The fourth-order valence-corrected chi connectivity index (χ4v) is 3.26. The number of benzene rings is 2. The summed E-state index contributed by atoms with van der Waals surface area (Å²) in [5, 5.41) is 4.11. The van der Waals surface area contributed by atoms with Gasteiger partial charge in [-0.2, -0.15) is 5.10 Å². The molecule has 0 unspecified atom stereocenters. The van der Waals surface area contributed by atoms with Gasteiger partial charge < -0.3 is 4.57 Å². The van der Waals surface area contributed by atoms with Crippen molar-refractivity contribution in [2.75, 3.05) is 0 Å². The lowest BCUT2D eigenvalue weighted by atomic mass is 10.2. The highest BCUT2D eigenvalue weighted by molar-refractivity contribution is 9.10. The molecule has 1 heterocycles. The number of halogens is 2. The summed E-state index contributed by atoms with van der Waals surface area (Å²) < 4.78 is 4.13. The molecule has 3 rings (SSSR count). The Morgan fingerprint density at radius 2 is 1.58 bits per heavy atom. The minimum Gasteiger partial charge on any atom is -0.318 e. The largest absolute Gasteiger partial charge is 0.318 e. The molecule has 0 bridgehead atoms. The van der Waals surface area contributed by atoms with Crippen LogP contribution in [0.2, 0.25) is 0 Å². The molecule has 1 N–H and O–H groups in total. The van der Waals surface area contributed by atoms with E-state index in [0.717, 1.165) is 31.6 Å². The summed E-state index contributed by atoms with van der Waals surface area (Å²) in [6, 6.07) is 17.3. The molecule has 4 nitrogen and oxygen atoms in total. The molecular formula is C20H17Br2N3O. The van der Waals surface area contributed by atoms with Crippen LogP contribution in [0, 0.1) is 13.8 Å². The standard InChI is InChI=1S/C20H17Br2N3O/c1-13-11-16(14(2)25(13)19-9-7-18(22)8-10-19)12-23-24-20(26)15-3-5-17(21)6-4-15/h3-12H,1-2H3,(H,24,26)/b23-12-. The number of hydrazone groups is 1. The normalized spacial score (nSPS) is 11.1. The zero-order chi connectivity index (χ0) is 18.7. The molecule has 2 aromatic carbocycles. The molecule has 0 radical (unpaired) electrons. The van der Waals surface area contributed by atoms with Crippen LogP contribution in [0.5, 0.6) is 0 Å². The Morgan fingerprint density at radius 1 is 1.00 bits per heavy atom. The van der Waals surface area contributed by atoms with Crippen LogP contribution < -0.4 is 5.43 Å². The van der Waals surface area contributed by atoms with Gasteiger partial charge in [0, 0.05) is 37.1 Å². The summed E-state index contributed by atoms with van der Waals surface area (Å²) in [5.41, 5.74) is 7.34. The van der Waals surface area contributed by atoms with Crippen molar-refractivity contribution < 1.29 is 4.79 Å². The van der Waals surface area contributed by atoms with E-state index in [-0.39, 0.29) is 5.91 Å². The Labute approximate surface area is 169 Å². The van der Waals surface area contributed by atoms with Gasteiger partial charge in [-0.1, -0.05) is 31.9 Å². The number of hydrogen-bond acceptors (Lipinski definition) is 2. The van der Waals surface area contributed by atoms with Gasteiger partial charge in [0.15, 0.2) is 0 Å². The van der Waals surface area contributed by atoms with Gasteiger partial charge in [-0.05, 0) is 68.4 Å². The van der Waals surface area contributed by atoms with Crippen molar-refractivity contribution in [1.29, 1.82) is 0 Å². The number of hydrogen-bond donors (Lipinski definition) is 1. The molecule has 0 spiro atoms. The van der Waals surface area contributed by atoms with E-state index in [1.54, 1.807) is 18.3 Å². The molecule has 0 fully saturated rings. The van der Waals surface area contributed by atoms with E-state index in [2.05, 4.69) is 59.1 Å². The third-order valence-corrected chi connectivity index (χ3v) is 5.09. The minimum atomic E-state index is -0.240. The molecule has 0 saturated carbocycles. The Hall–Kier alpha value is -2.18. The highest BCUT2D eigenvalue weighted by Crippen LogP contribution is 2.21. The summed E-state index contributed by atoms with van der Waals surface area (Å²) in [7, 11) is 0. The molecular weight excluding hydrogens is 458 g/mol. The fourth-order valence-electron chi connectivity index (χ4n) is 2.73. The highest BCUT2D eigenvalue weighted by Gasteiger charge is 2.09. The number of carbonyl (C=O) groups excluding carboxylic acids is 1. The molecule has 132 valence electrons. The first-order valence-electron chi connectivity index (χ1n) is 7.99. The topological polar surface area (TPSA) is 46.4 Å². The number of rotatable bonds is 4. The van der Waals surface area contributed by atoms with E-state index in [1.165, 1.54) is 0 Å². The first-order valence-corrected chi connectivity index (χ1v) is 9.58. The maximum absolute atomic E-state index is 12.1. The van der Waals surface area contributed by atoms with Crippen LogP contribution in [0.1, 0.15) is 27.3 Å². The maximum Gasteiger partial charge on any atom is 0.271 e. The molecule has 6 heteroatoms. The fraction of sp³-hybridized carbons (Fsp3) is 0.100. The molecule has 0 aliphatic heterocycles. The lowest BCUT2D eigenvalue weighted by Gasteiger charge is -2.09. The van der Waals surface area contributed by atoms with E-state index >= 15 is 0 Å². The number of amides is 1. The van der Waals surface area contributed by atoms with Gasteiger partial charge in [0.25, 0.3) is 5.91 Å². The third-order valence-electron chi connectivity index (χ3n) is 4.03. The van der Waals surface area contributed by atoms with Crippen LogP contribution in [0.4, 0.5) is 0 Å². The van der Waals surface area contributed by atoms with Crippen LogP contribution >= 0.6 is 31.9 Å². The van der Waals surface area contributed by atoms with E-state index in [0.29, 0.717) is 5.56 Å². The number of aromatic nitrogens is 1. The van der Waals surface area contributed by atoms with Gasteiger partial charge >= 0.3 is 0 Å². The predicted molar refractivity (Wildman–Crippen MR) is 112 cm³/mol. The number of aryl methyl sites for hydroxylation is 1. The summed E-state index contributed by atoms with van der Waals surface area (Å²) in [6.07, 6.45) is 1.68. The number of nitrogens with zero attached hydrogens (tertiary/aromatic N) is 2. The lowest BCUT2D eigenvalue weighted by Crippen LogP contribution is -2.17. The molecule has 0 saturated heterocycles. The molecule has 0 aliphatic carbocycles. The Bertz CT molecular complexity index is 958. The van der Waals surface area contributed by atoms with E-state index in [9.17, 15) is 4.79 Å². The van der Waals surface area contributed by atoms with Crippen molar-refractivity contribution in [2.45, 2.75) is 13.8 Å². The van der Waals surface area contributed by atoms with Crippen LogP contribution in [0.15, 0.2) is 68.6 Å². The van der Waals surface area contributed by atoms with E-state index < -0.39 is 0 Å². The SMILES string of the molecule is Cc1cc(/C=N\NC(=O)c2ccc(Br)cc2)c(C)n1-c1ccc(Br)cc1. The Kier molecular flexibility index (Phi) is 5.74. The quantitative estimate of drug-likeness (QED) is 0.400. The monoisotopic (exact) mass is 473 g/mol. The minimum absolute atomic E-state index is 0.240. The molecule has 0 atom stereocenters.